The number of aryl methyl sites for hydroxylation is 1. The van der Waals surface area contributed by atoms with Crippen molar-refractivity contribution in [2.75, 3.05) is 0 Å². The van der Waals surface area contributed by atoms with Gasteiger partial charge in [-0.25, -0.2) is 0 Å². The first-order valence-corrected chi connectivity index (χ1v) is 7.92. The number of benzene rings is 2. The number of nitrogens with one attached hydrogen (secondary N) is 1. The normalized spacial score (nSPS) is 10.7. The molecule has 2 aromatic carbocycles. The number of aromatic nitrogens is 1. The number of hydrogen-bond acceptors (Lipinski definition) is 1. The molecule has 1 heterocycles. The third kappa shape index (κ3) is 2.64. The summed E-state index contributed by atoms with van der Waals surface area (Å²) in [6.45, 7) is 3.57. The zero-order valence-electron chi connectivity index (χ0n) is 12.5. The van der Waals surface area contributed by atoms with Gasteiger partial charge in [0.2, 0.25) is 0 Å². The molecule has 3 aromatic rings. The van der Waals surface area contributed by atoms with Crippen molar-refractivity contribution >= 4 is 21.7 Å². The molecule has 0 aliphatic carbocycles. The Labute approximate surface area is 138 Å². The maximum atomic E-state index is 12.1. The van der Waals surface area contributed by atoms with Gasteiger partial charge in [-0.3, -0.25) is 4.79 Å². The molecule has 0 saturated heterocycles. The molecule has 1 aromatic heterocycles. The van der Waals surface area contributed by atoms with Gasteiger partial charge in [-0.2, -0.15) is 0 Å². The molecule has 22 heavy (non-hydrogen) atoms. The van der Waals surface area contributed by atoms with E-state index in [2.05, 4.69) is 20.9 Å². The van der Waals surface area contributed by atoms with Gasteiger partial charge >= 0.3 is 0 Å². The quantitative estimate of drug-likeness (QED) is 0.608. The Morgan fingerprint density at radius 3 is 2.18 bits per heavy atom. The molecule has 0 fully saturated rings. The summed E-state index contributed by atoms with van der Waals surface area (Å²) >= 11 is 3.46. The Morgan fingerprint density at radius 2 is 1.59 bits per heavy atom. The van der Waals surface area contributed by atoms with Crippen LogP contribution in [0.15, 0.2) is 59.1 Å². The number of rotatable bonds is 3. The summed E-state index contributed by atoms with van der Waals surface area (Å²) in [7, 11) is 0. The molecule has 0 saturated carbocycles. The Kier molecular flexibility index (Phi) is 3.99. The van der Waals surface area contributed by atoms with E-state index >= 15 is 0 Å². The highest BCUT2D eigenvalue weighted by atomic mass is 79.9. The number of aromatic amines is 1. The van der Waals surface area contributed by atoms with Gasteiger partial charge in [0.1, 0.15) is 0 Å². The van der Waals surface area contributed by atoms with Crippen molar-refractivity contribution in [3.8, 4) is 22.4 Å². The summed E-state index contributed by atoms with van der Waals surface area (Å²) in [6, 6.07) is 18.2. The zero-order chi connectivity index (χ0) is 15.7. The summed E-state index contributed by atoms with van der Waals surface area (Å²) in [4.78, 5) is 15.5. The van der Waals surface area contributed by atoms with E-state index in [1.54, 1.807) is 6.92 Å². The Balaban J connectivity index is 2.29. The maximum absolute atomic E-state index is 12.1. The van der Waals surface area contributed by atoms with Crippen LogP contribution in [0, 0.1) is 6.92 Å². The SMILES string of the molecule is CC(=O)c1c(C)[nH]c(-c2ccc(Br)cc2)c1-c1ccccc1. The predicted molar refractivity (Wildman–Crippen MR) is 94.1 cm³/mol. The molecule has 0 bridgehead atoms. The summed E-state index contributed by atoms with van der Waals surface area (Å²) < 4.78 is 1.03. The van der Waals surface area contributed by atoms with Crippen molar-refractivity contribution in [3.05, 3.63) is 70.3 Å². The van der Waals surface area contributed by atoms with E-state index in [0.717, 1.165) is 38.1 Å². The lowest BCUT2D eigenvalue weighted by Gasteiger charge is -2.07. The first-order chi connectivity index (χ1) is 10.6. The third-order valence-corrected chi connectivity index (χ3v) is 4.26. The molecule has 0 amide bonds. The van der Waals surface area contributed by atoms with Crippen molar-refractivity contribution in [2.45, 2.75) is 13.8 Å². The van der Waals surface area contributed by atoms with Crippen LogP contribution in [-0.4, -0.2) is 10.8 Å². The van der Waals surface area contributed by atoms with E-state index in [9.17, 15) is 4.79 Å². The lowest BCUT2D eigenvalue weighted by molar-refractivity contribution is 0.101. The van der Waals surface area contributed by atoms with Crippen LogP contribution in [-0.2, 0) is 0 Å². The first kappa shape index (κ1) is 14.8. The fraction of sp³-hybridized carbons (Fsp3) is 0.105. The summed E-state index contributed by atoms with van der Waals surface area (Å²) in [5.41, 5.74) is 5.76. The fourth-order valence-electron chi connectivity index (χ4n) is 2.79. The summed E-state index contributed by atoms with van der Waals surface area (Å²) in [5.74, 6) is 0.0796. The fourth-order valence-corrected chi connectivity index (χ4v) is 3.06. The van der Waals surface area contributed by atoms with Crippen LogP contribution >= 0.6 is 15.9 Å². The van der Waals surface area contributed by atoms with E-state index < -0.39 is 0 Å². The molecule has 110 valence electrons. The maximum Gasteiger partial charge on any atom is 0.162 e. The van der Waals surface area contributed by atoms with Crippen LogP contribution in [0.1, 0.15) is 23.0 Å². The topological polar surface area (TPSA) is 32.9 Å². The number of carbonyl (C=O) groups excluding carboxylic acids is 1. The highest BCUT2D eigenvalue weighted by molar-refractivity contribution is 9.10. The van der Waals surface area contributed by atoms with E-state index in [1.165, 1.54) is 0 Å². The molecule has 3 rings (SSSR count). The van der Waals surface area contributed by atoms with Crippen LogP contribution in [0.3, 0.4) is 0 Å². The van der Waals surface area contributed by atoms with Gasteiger partial charge in [0, 0.05) is 21.3 Å². The average Bonchev–Trinajstić information content (AvgIpc) is 2.86. The van der Waals surface area contributed by atoms with Gasteiger partial charge in [-0.15, -0.1) is 0 Å². The number of halogens is 1. The minimum Gasteiger partial charge on any atom is -0.357 e. The zero-order valence-corrected chi connectivity index (χ0v) is 14.1. The van der Waals surface area contributed by atoms with Crippen LogP contribution < -0.4 is 0 Å². The molecule has 0 aliphatic rings. The van der Waals surface area contributed by atoms with Crippen LogP contribution in [0.5, 0.6) is 0 Å². The number of H-pyrrole nitrogens is 1. The van der Waals surface area contributed by atoms with Crippen LogP contribution in [0.2, 0.25) is 0 Å². The smallest absolute Gasteiger partial charge is 0.162 e. The van der Waals surface area contributed by atoms with Gasteiger partial charge < -0.3 is 4.98 Å². The van der Waals surface area contributed by atoms with Crippen LogP contribution in [0.25, 0.3) is 22.4 Å². The minimum absolute atomic E-state index is 0.0796. The Hall–Kier alpha value is -2.13. The Morgan fingerprint density at radius 1 is 0.955 bits per heavy atom. The predicted octanol–water partition coefficient (Wildman–Crippen LogP) is 5.62. The Bertz CT molecular complexity index is 817. The van der Waals surface area contributed by atoms with Crippen molar-refractivity contribution < 1.29 is 4.79 Å². The highest BCUT2D eigenvalue weighted by Gasteiger charge is 2.20. The number of ketones is 1. The molecule has 3 heteroatoms. The number of carbonyl (C=O) groups is 1. The molecular weight excluding hydrogens is 338 g/mol. The second-order valence-electron chi connectivity index (χ2n) is 5.30. The second kappa shape index (κ2) is 5.93. The minimum atomic E-state index is 0.0796. The molecule has 0 radical (unpaired) electrons. The van der Waals surface area contributed by atoms with Crippen molar-refractivity contribution in [3.63, 3.8) is 0 Å². The third-order valence-electron chi connectivity index (χ3n) is 3.73. The van der Waals surface area contributed by atoms with Crippen LogP contribution in [0.4, 0.5) is 0 Å². The molecular formula is C19H16BrNO. The van der Waals surface area contributed by atoms with E-state index in [-0.39, 0.29) is 5.78 Å². The van der Waals surface area contributed by atoms with Crippen molar-refractivity contribution in [1.82, 2.24) is 4.98 Å². The highest BCUT2D eigenvalue weighted by Crippen LogP contribution is 2.37. The number of hydrogen-bond donors (Lipinski definition) is 1. The molecule has 0 unspecified atom stereocenters. The second-order valence-corrected chi connectivity index (χ2v) is 6.22. The van der Waals surface area contributed by atoms with Gasteiger partial charge in [0.05, 0.1) is 5.69 Å². The molecule has 0 aliphatic heterocycles. The van der Waals surface area contributed by atoms with Gasteiger partial charge in [0.25, 0.3) is 0 Å². The molecule has 2 nitrogen and oxygen atoms in total. The van der Waals surface area contributed by atoms with E-state index in [0.29, 0.717) is 0 Å². The lowest BCUT2D eigenvalue weighted by Crippen LogP contribution is -1.95. The number of Topliss-reactive ketones (excluding diaryl/α,β-unsaturated/α-hetero) is 1. The molecule has 0 atom stereocenters. The summed E-state index contributed by atoms with van der Waals surface area (Å²) in [6.07, 6.45) is 0. The largest absolute Gasteiger partial charge is 0.357 e. The monoisotopic (exact) mass is 353 g/mol. The molecule has 0 spiro atoms. The standard InChI is InChI=1S/C19H16BrNO/c1-12-17(13(2)22)18(14-6-4-3-5-7-14)19(21-12)15-8-10-16(20)11-9-15/h3-11,21H,1-2H3. The first-order valence-electron chi connectivity index (χ1n) is 7.13. The summed E-state index contributed by atoms with van der Waals surface area (Å²) in [5, 5.41) is 0. The van der Waals surface area contributed by atoms with E-state index in [1.807, 2.05) is 61.5 Å². The lowest BCUT2D eigenvalue weighted by atomic mass is 9.95. The van der Waals surface area contributed by atoms with Gasteiger partial charge in [0.15, 0.2) is 5.78 Å². The average molecular weight is 354 g/mol. The van der Waals surface area contributed by atoms with Crippen molar-refractivity contribution in [1.29, 1.82) is 0 Å². The van der Waals surface area contributed by atoms with Gasteiger partial charge in [-0.05, 0) is 37.1 Å². The molecule has 1 N–H and O–H groups in total. The van der Waals surface area contributed by atoms with E-state index in [4.69, 9.17) is 0 Å². The van der Waals surface area contributed by atoms with Crippen molar-refractivity contribution in [2.24, 2.45) is 0 Å². The van der Waals surface area contributed by atoms with Gasteiger partial charge in [-0.1, -0.05) is 58.4 Å².